The Morgan fingerprint density at radius 1 is 1.21 bits per heavy atom. The van der Waals surface area contributed by atoms with Crippen LogP contribution in [0.15, 0.2) is 48.5 Å². The summed E-state index contributed by atoms with van der Waals surface area (Å²) in [4.78, 5) is 25.9. The van der Waals surface area contributed by atoms with Crippen LogP contribution in [0.5, 0.6) is 0 Å². The lowest BCUT2D eigenvalue weighted by Gasteiger charge is -2.42. The van der Waals surface area contributed by atoms with Crippen LogP contribution in [-0.2, 0) is 19.1 Å². The van der Waals surface area contributed by atoms with E-state index in [0.29, 0.717) is 21.2 Å². The fourth-order valence-corrected chi connectivity index (χ4v) is 3.53. The van der Waals surface area contributed by atoms with Crippen molar-refractivity contribution in [1.29, 1.82) is 0 Å². The molecule has 28 heavy (non-hydrogen) atoms. The second-order valence-corrected chi connectivity index (χ2v) is 7.08. The number of rotatable bonds is 5. The number of carbonyl (C=O) groups excluding carboxylic acids is 2. The Labute approximate surface area is 172 Å². The van der Waals surface area contributed by atoms with Crippen LogP contribution in [0.4, 0.5) is 0 Å². The van der Waals surface area contributed by atoms with E-state index >= 15 is 0 Å². The maximum Gasteiger partial charge on any atom is 0.356 e. The molecule has 1 fully saturated rings. The smallest absolute Gasteiger partial charge is 0.356 e. The molecule has 1 unspecified atom stereocenters. The van der Waals surface area contributed by atoms with E-state index in [1.807, 2.05) is 6.07 Å². The van der Waals surface area contributed by atoms with Gasteiger partial charge in [0.15, 0.2) is 0 Å². The Balaban J connectivity index is 2.08. The Hall–Kier alpha value is -2.12. The highest BCUT2D eigenvalue weighted by molar-refractivity contribution is 6.30. The molecule has 148 valence electrons. The summed E-state index contributed by atoms with van der Waals surface area (Å²) in [7, 11) is 0. The first-order chi connectivity index (χ1) is 13.4. The van der Waals surface area contributed by atoms with Gasteiger partial charge >= 0.3 is 5.97 Å². The molecule has 0 aliphatic carbocycles. The number of hydrogen-bond donors (Lipinski definition) is 1. The largest absolute Gasteiger partial charge is 0.463 e. The van der Waals surface area contributed by atoms with E-state index in [2.05, 4.69) is 0 Å². The molecule has 1 heterocycles. The van der Waals surface area contributed by atoms with Crippen LogP contribution in [0.1, 0.15) is 30.2 Å². The van der Waals surface area contributed by atoms with Crippen molar-refractivity contribution < 1.29 is 24.2 Å². The zero-order valence-corrected chi connectivity index (χ0v) is 16.6. The highest BCUT2D eigenvalue weighted by atomic mass is 35.5. The van der Waals surface area contributed by atoms with E-state index in [9.17, 15) is 14.7 Å². The normalized spacial score (nSPS) is 20.7. The predicted molar refractivity (Wildman–Crippen MR) is 104 cm³/mol. The molecule has 2 aromatic carbocycles. The molecule has 8 heteroatoms. The van der Waals surface area contributed by atoms with E-state index in [1.54, 1.807) is 49.4 Å². The van der Waals surface area contributed by atoms with Crippen LogP contribution in [0, 0.1) is 0 Å². The molecule has 1 aliphatic rings. The molecular weight excluding hydrogens is 405 g/mol. The summed E-state index contributed by atoms with van der Waals surface area (Å²) in [5.41, 5.74) is 1.35. The Kier molecular flexibility index (Phi) is 6.57. The van der Waals surface area contributed by atoms with Gasteiger partial charge in [0.1, 0.15) is 12.7 Å². The lowest BCUT2D eigenvalue weighted by Crippen LogP contribution is -2.53. The zero-order chi connectivity index (χ0) is 20.3. The molecule has 0 spiro atoms. The van der Waals surface area contributed by atoms with Crippen LogP contribution >= 0.6 is 23.2 Å². The van der Waals surface area contributed by atoms with Crippen LogP contribution < -0.4 is 0 Å². The van der Waals surface area contributed by atoms with Crippen LogP contribution in [0.25, 0.3) is 0 Å². The average Bonchev–Trinajstić information content (AvgIpc) is 2.68. The summed E-state index contributed by atoms with van der Waals surface area (Å²) >= 11 is 12.1. The number of nitrogens with zero attached hydrogens (tertiary/aromatic N) is 1. The number of aliphatic hydroxyl groups excluding tert-OH is 1. The molecule has 1 amide bonds. The fourth-order valence-electron chi connectivity index (χ4n) is 3.20. The first kappa shape index (κ1) is 20.6. The van der Waals surface area contributed by atoms with E-state index in [-0.39, 0.29) is 13.2 Å². The van der Waals surface area contributed by atoms with Gasteiger partial charge in [-0.3, -0.25) is 9.69 Å². The summed E-state index contributed by atoms with van der Waals surface area (Å²) < 4.78 is 10.7. The topological polar surface area (TPSA) is 76.1 Å². The molecule has 0 bridgehead atoms. The third-order valence-corrected chi connectivity index (χ3v) is 4.90. The number of carbonyl (C=O) groups is 2. The van der Waals surface area contributed by atoms with Crippen molar-refractivity contribution in [2.75, 3.05) is 13.2 Å². The molecule has 2 aromatic rings. The maximum absolute atomic E-state index is 12.6. The highest BCUT2D eigenvalue weighted by Crippen LogP contribution is 2.41. The van der Waals surface area contributed by atoms with Crippen molar-refractivity contribution in [3.05, 3.63) is 69.7 Å². The van der Waals surface area contributed by atoms with Crippen molar-refractivity contribution in [2.24, 2.45) is 0 Å². The van der Waals surface area contributed by atoms with Crippen molar-refractivity contribution in [1.82, 2.24) is 4.90 Å². The SMILES string of the molecule is CCOC(=O)[C@@H](O)N1C(=O)COC(c2cccc(Cl)c2)[C@H]1c1ccc(Cl)cc1. The molecule has 3 atom stereocenters. The second-order valence-electron chi connectivity index (χ2n) is 6.21. The van der Waals surface area contributed by atoms with Gasteiger partial charge in [0.05, 0.1) is 12.6 Å². The number of ether oxygens (including phenoxy) is 2. The Morgan fingerprint density at radius 3 is 2.57 bits per heavy atom. The number of hydrogen-bond acceptors (Lipinski definition) is 5. The molecule has 6 nitrogen and oxygen atoms in total. The fraction of sp³-hybridized carbons (Fsp3) is 0.300. The minimum absolute atomic E-state index is 0.0811. The van der Waals surface area contributed by atoms with Gasteiger partial charge < -0.3 is 14.6 Å². The van der Waals surface area contributed by atoms with Gasteiger partial charge in [-0.25, -0.2) is 4.79 Å². The van der Waals surface area contributed by atoms with Gasteiger partial charge in [-0.2, -0.15) is 0 Å². The number of esters is 1. The number of amides is 1. The lowest BCUT2D eigenvalue weighted by atomic mass is 9.92. The summed E-state index contributed by atoms with van der Waals surface area (Å²) in [6.07, 6.45) is -2.42. The van der Waals surface area contributed by atoms with Crippen molar-refractivity contribution in [3.8, 4) is 0 Å². The summed E-state index contributed by atoms with van der Waals surface area (Å²) in [6.45, 7) is 1.41. The van der Waals surface area contributed by atoms with E-state index in [1.165, 1.54) is 0 Å². The Bertz CT molecular complexity index is 858. The first-order valence-electron chi connectivity index (χ1n) is 8.70. The van der Waals surface area contributed by atoms with Crippen molar-refractivity contribution in [3.63, 3.8) is 0 Å². The average molecular weight is 424 g/mol. The standard InChI is InChI=1S/C20H19Cl2NO5/c1-2-27-20(26)19(25)23-16(24)11-28-18(13-4-3-5-15(22)10-13)17(23)12-6-8-14(21)9-7-12/h3-10,17-19,25H,2,11H2,1H3/t17-,18?,19-/m1/s1. The molecular formula is C20H19Cl2NO5. The van der Waals surface area contributed by atoms with Crippen LogP contribution in [-0.4, -0.2) is 41.3 Å². The van der Waals surface area contributed by atoms with Gasteiger partial charge in [0.2, 0.25) is 6.23 Å². The predicted octanol–water partition coefficient (Wildman–Crippen LogP) is 3.52. The van der Waals surface area contributed by atoms with Gasteiger partial charge in [0, 0.05) is 10.0 Å². The highest BCUT2D eigenvalue weighted by Gasteiger charge is 2.44. The maximum atomic E-state index is 12.6. The van der Waals surface area contributed by atoms with E-state index < -0.39 is 30.3 Å². The summed E-state index contributed by atoms with van der Waals surface area (Å²) in [5, 5.41) is 11.6. The summed E-state index contributed by atoms with van der Waals surface area (Å²) in [5.74, 6) is -1.43. The van der Waals surface area contributed by atoms with Crippen molar-refractivity contribution >= 4 is 35.1 Å². The molecule has 1 saturated heterocycles. The molecule has 1 aliphatic heterocycles. The summed E-state index contributed by atoms with van der Waals surface area (Å²) in [6, 6.07) is 13.0. The molecule has 0 saturated carbocycles. The van der Waals surface area contributed by atoms with Gasteiger partial charge in [-0.15, -0.1) is 0 Å². The monoisotopic (exact) mass is 423 g/mol. The Morgan fingerprint density at radius 2 is 1.93 bits per heavy atom. The molecule has 0 aromatic heterocycles. The third kappa shape index (κ3) is 4.31. The minimum atomic E-state index is -1.77. The molecule has 0 radical (unpaired) electrons. The number of halogens is 2. The number of aliphatic hydroxyl groups is 1. The quantitative estimate of drug-likeness (QED) is 0.744. The zero-order valence-electron chi connectivity index (χ0n) is 15.0. The van der Waals surface area contributed by atoms with Gasteiger partial charge in [-0.1, -0.05) is 47.5 Å². The van der Waals surface area contributed by atoms with Crippen molar-refractivity contribution in [2.45, 2.75) is 25.3 Å². The number of benzene rings is 2. The minimum Gasteiger partial charge on any atom is -0.463 e. The van der Waals surface area contributed by atoms with Gasteiger partial charge in [0.25, 0.3) is 5.91 Å². The van der Waals surface area contributed by atoms with Crippen LogP contribution in [0.3, 0.4) is 0 Å². The van der Waals surface area contributed by atoms with E-state index in [0.717, 1.165) is 4.90 Å². The second kappa shape index (κ2) is 8.92. The van der Waals surface area contributed by atoms with E-state index in [4.69, 9.17) is 32.7 Å². The number of morpholine rings is 1. The van der Waals surface area contributed by atoms with Crippen LogP contribution in [0.2, 0.25) is 10.0 Å². The molecule has 3 rings (SSSR count). The van der Waals surface area contributed by atoms with Gasteiger partial charge in [-0.05, 0) is 42.3 Å². The third-order valence-electron chi connectivity index (χ3n) is 4.41. The molecule has 1 N–H and O–H groups in total. The lowest BCUT2D eigenvalue weighted by molar-refractivity contribution is -0.191. The first-order valence-corrected chi connectivity index (χ1v) is 9.46.